The molecule has 0 fully saturated rings. The monoisotopic (exact) mass is 142 g/mol. The van der Waals surface area contributed by atoms with Gasteiger partial charge in [0.05, 0.1) is 7.18 Å². The molecule has 0 saturated heterocycles. The molecule has 0 rings (SSSR count). The van der Waals surface area contributed by atoms with Crippen molar-refractivity contribution in [2.45, 2.75) is 6.92 Å². The predicted octanol–water partition coefficient (Wildman–Crippen LogP) is 1.78. The zero-order valence-electron chi connectivity index (χ0n) is 4.78. The van der Waals surface area contributed by atoms with E-state index in [0.29, 0.717) is 18.9 Å². The van der Waals surface area contributed by atoms with Gasteiger partial charge in [-0.2, -0.15) is 0 Å². The lowest BCUT2D eigenvalue weighted by molar-refractivity contribution is -0.109. The molecular weight excluding hydrogens is 134 g/mol. The number of alkyl halides is 2. The number of thioether (sulfide) groups is 1. The molecule has 0 spiro atoms. The van der Waals surface area contributed by atoms with Crippen LogP contribution in [0.15, 0.2) is 0 Å². The molecule has 4 heteroatoms. The molecule has 0 unspecified atom stereocenters. The summed E-state index contributed by atoms with van der Waals surface area (Å²) in [4.78, 5) is 9.77. The van der Waals surface area contributed by atoms with Gasteiger partial charge in [-0.15, -0.1) is 0 Å². The highest BCUT2D eigenvalue weighted by Crippen LogP contribution is 1.98. The summed E-state index contributed by atoms with van der Waals surface area (Å²) in [6.45, 7) is 1.34. The first-order valence-corrected chi connectivity index (χ1v) is 2.83. The lowest BCUT2D eigenvalue weighted by Crippen LogP contribution is -1.77. The van der Waals surface area contributed by atoms with Crippen molar-refractivity contribution in [2.24, 2.45) is 0 Å². The quantitative estimate of drug-likeness (QED) is 0.555. The fourth-order valence-corrected chi connectivity index (χ4v) is 0.230. The summed E-state index contributed by atoms with van der Waals surface area (Å²) in [6, 6.07) is -0.602. The van der Waals surface area contributed by atoms with Gasteiger partial charge in [0.25, 0.3) is 0 Å². The van der Waals surface area contributed by atoms with E-state index in [4.69, 9.17) is 0 Å². The lowest BCUT2D eigenvalue weighted by atomic mass is 10.9. The van der Waals surface area contributed by atoms with Gasteiger partial charge in [-0.05, 0) is 0 Å². The van der Waals surface area contributed by atoms with Crippen LogP contribution in [0.1, 0.15) is 6.92 Å². The van der Waals surface area contributed by atoms with E-state index in [1.807, 2.05) is 0 Å². The molecular formula is C4H8F2OS. The Kier molecular flexibility index (Phi) is 13.5. The summed E-state index contributed by atoms with van der Waals surface area (Å²) in [5.74, 6) is 0. The van der Waals surface area contributed by atoms with E-state index in [0.717, 1.165) is 0 Å². The second-order valence-corrected chi connectivity index (χ2v) is 1.83. The molecule has 0 aromatic heterocycles. The van der Waals surface area contributed by atoms with Crippen molar-refractivity contribution in [3.8, 4) is 0 Å². The summed E-state index contributed by atoms with van der Waals surface area (Å²) in [7, 11) is 0.500. The average Bonchev–Trinajstić information content (AvgIpc) is 1.72. The molecule has 0 heterocycles. The normalized spacial score (nSPS) is 7.00. The van der Waals surface area contributed by atoms with Crippen LogP contribution in [0.5, 0.6) is 0 Å². The molecule has 0 atom stereocenters. The first-order chi connectivity index (χ1) is 3.77. The van der Waals surface area contributed by atoms with Gasteiger partial charge < -0.3 is 0 Å². The molecule has 0 aliphatic carbocycles. The highest BCUT2D eigenvalue weighted by atomic mass is 32.2. The van der Waals surface area contributed by atoms with E-state index in [9.17, 15) is 13.6 Å². The molecule has 1 nitrogen and oxygen atoms in total. The van der Waals surface area contributed by atoms with E-state index in [-0.39, 0.29) is 5.12 Å². The third kappa shape index (κ3) is 16.9. The fraction of sp³-hybridized carbons (Fsp3) is 0.750. The van der Waals surface area contributed by atoms with E-state index in [2.05, 4.69) is 0 Å². The number of carbonyl (C=O) groups is 1. The topological polar surface area (TPSA) is 17.1 Å². The maximum Gasteiger partial charge on any atom is 0.188 e. The van der Waals surface area contributed by atoms with E-state index in [1.165, 1.54) is 6.92 Å². The maximum absolute atomic E-state index is 11.0. The summed E-state index contributed by atoms with van der Waals surface area (Å²) in [5, 5.41) is -0.169. The molecule has 0 amide bonds. The number of halogens is 2. The Morgan fingerprint density at radius 2 is 2.00 bits per heavy atom. The zero-order valence-corrected chi connectivity index (χ0v) is 5.60. The molecule has 0 N–H and O–H groups in total. The molecule has 0 aliphatic heterocycles. The van der Waals surface area contributed by atoms with Crippen LogP contribution in [0.25, 0.3) is 0 Å². The van der Waals surface area contributed by atoms with Gasteiger partial charge in [-0.25, -0.2) is 4.39 Å². The lowest BCUT2D eigenvalue weighted by Gasteiger charge is -1.78. The van der Waals surface area contributed by atoms with Gasteiger partial charge in [0.2, 0.25) is 0 Å². The molecule has 0 aromatic carbocycles. The Morgan fingerprint density at radius 1 is 1.62 bits per heavy atom. The summed E-state index contributed by atoms with van der Waals surface area (Å²) < 4.78 is 20.5. The van der Waals surface area contributed by atoms with Gasteiger partial charge in [0.15, 0.2) is 5.12 Å². The van der Waals surface area contributed by atoms with Crippen LogP contribution in [-0.2, 0) is 4.79 Å². The average molecular weight is 142 g/mol. The van der Waals surface area contributed by atoms with Crippen LogP contribution in [0.2, 0.25) is 0 Å². The zero-order chi connectivity index (χ0) is 6.99. The highest BCUT2D eigenvalue weighted by Gasteiger charge is 1.86. The Morgan fingerprint density at radius 3 is 2.00 bits per heavy atom. The van der Waals surface area contributed by atoms with Crippen LogP contribution in [0, 0.1) is 0 Å². The minimum absolute atomic E-state index is 0.169. The van der Waals surface area contributed by atoms with Crippen molar-refractivity contribution in [1.29, 1.82) is 0 Å². The summed E-state index contributed by atoms with van der Waals surface area (Å²) in [6.07, 6.45) is 0. The van der Waals surface area contributed by atoms with Crippen molar-refractivity contribution < 1.29 is 13.6 Å². The number of rotatable bonds is 1. The fourth-order valence-electron chi connectivity index (χ4n) is 0.0768. The molecule has 8 heavy (non-hydrogen) atoms. The van der Waals surface area contributed by atoms with Crippen molar-refractivity contribution in [1.82, 2.24) is 0 Å². The standard InChI is InChI=1S/C3H5FOS.CH3F/c1-3(5)6-2-4;1-2/h2H2,1H3;1H3. The molecule has 0 aromatic rings. The second kappa shape index (κ2) is 9.99. The minimum Gasteiger partial charge on any atom is -0.287 e. The Hall–Kier alpha value is -0.120. The minimum atomic E-state index is -0.602. The van der Waals surface area contributed by atoms with Crippen molar-refractivity contribution >= 4 is 16.9 Å². The van der Waals surface area contributed by atoms with E-state index >= 15 is 0 Å². The summed E-state index contributed by atoms with van der Waals surface area (Å²) >= 11 is 0.681. The van der Waals surface area contributed by atoms with Gasteiger partial charge >= 0.3 is 0 Å². The van der Waals surface area contributed by atoms with Gasteiger partial charge in [-0.3, -0.25) is 9.18 Å². The summed E-state index contributed by atoms with van der Waals surface area (Å²) in [5.41, 5.74) is 0. The number of hydrogen-bond acceptors (Lipinski definition) is 2. The van der Waals surface area contributed by atoms with E-state index in [1.54, 1.807) is 0 Å². The third-order valence-electron chi connectivity index (χ3n) is 0.258. The van der Waals surface area contributed by atoms with Crippen LogP contribution in [0.4, 0.5) is 8.78 Å². The highest BCUT2D eigenvalue weighted by molar-refractivity contribution is 8.13. The van der Waals surface area contributed by atoms with Crippen LogP contribution in [0.3, 0.4) is 0 Å². The van der Waals surface area contributed by atoms with Gasteiger partial charge in [-0.1, -0.05) is 11.8 Å². The largest absolute Gasteiger partial charge is 0.287 e. The molecule has 0 bridgehead atoms. The first-order valence-electron chi connectivity index (χ1n) is 1.84. The van der Waals surface area contributed by atoms with Crippen LogP contribution >= 0.6 is 11.8 Å². The SMILES string of the molecule is CC(=O)SCF.CF. The van der Waals surface area contributed by atoms with E-state index < -0.39 is 6.01 Å². The number of carbonyl (C=O) groups excluding carboxylic acids is 1. The smallest absolute Gasteiger partial charge is 0.188 e. The Bertz CT molecular complexity index is 58.0. The van der Waals surface area contributed by atoms with Crippen LogP contribution in [-0.4, -0.2) is 18.3 Å². The predicted molar refractivity (Wildman–Crippen MR) is 31.3 cm³/mol. The molecule has 0 saturated carbocycles. The third-order valence-corrected chi connectivity index (χ3v) is 0.773. The van der Waals surface area contributed by atoms with Crippen molar-refractivity contribution in [3.05, 3.63) is 0 Å². The first kappa shape index (κ1) is 10.8. The number of hydrogen-bond donors (Lipinski definition) is 0. The molecule has 0 aliphatic rings. The Labute approximate surface area is 51.5 Å². The second-order valence-electron chi connectivity index (χ2n) is 0.745. The Balaban J connectivity index is 0. The molecule has 50 valence electrons. The molecule has 0 radical (unpaired) electrons. The van der Waals surface area contributed by atoms with Crippen molar-refractivity contribution in [3.63, 3.8) is 0 Å². The van der Waals surface area contributed by atoms with Crippen molar-refractivity contribution in [2.75, 3.05) is 13.2 Å². The van der Waals surface area contributed by atoms with Gasteiger partial charge in [0, 0.05) is 6.92 Å². The van der Waals surface area contributed by atoms with Gasteiger partial charge in [0.1, 0.15) is 6.01 Å². The van der Waals surface area contributed by atoms with Crippen LogP contribution < -0.4 is 0 Å². The maximum atomic E-state index is 11.0.